The molecule has 1 fully saturated rings. The Hall–Kier alpha value is -2.23. The number of benzene rings is 1. The van der Waals surface area contributed by atoms with Gasteiger partial charge < -0.3 is 9.64 Å². The summed E-state index contributed by atoms with van der Waals surface area (Å²) >= 11 is 1.18. The summed E-state index contributed by atoms with van der Waals surface area (Å²) in [6.45, 7) is 4.52. The van der Waals surface area contributed by atoms with Crippen molar-refractivity contribution in [2.75, 3.05) is 19.7 Å². The molecule has 3 rings (SSSR count). The first-order chi connectivity index (χ1) is 14.8. The van der Waals surface area contributed by atoms with Crippen LogP contribution < -0.4 is 0 Å². The molecular weight excluding hydrogens is 436 g/mol. The Morgan fingerprint density at radius 3 is 2.39 bits per heavy atom. The van der Waals surface area contributed by atoms with Crippen molar-refractivity contribution >= 4 is 33.2 Å². The Bertz CT molecular complexity index is 967. The van der Waals surface area contributed by atoms with E-state index in [1.54, 1.807) is 22.4 Å². The predicted molar refractivity (Wildman–Crippen MR) is 119 cm³/mol. The molecule has 0 bridgehead atoms. The predicted octanol–water partition coefficient (Wildman–Crippen LogP) is 3.13. The average Bonchev–Trinajstić information content (AvgIpc) is 3.32. The first kappa shape index (κ1) is 23.4. The summed E-state index contributed by atoms with van der Waals surface area (Å²) < 4.78 is 32.2. The molecule has 7 nitrogen and oxygen atoms in total. The van der Waals surface area contributed by atoms with Gasteiger partial charge in [0.1, 0.15) is 4.21 Å². The summed E-state index contributed by atoms with van der Waals surface area (Å²) in [6.07, 6.45) is 0.769. The molecule has 31 heavy (non-hydrogen) atoms. The molecule has 1 aromatic carbocycles. The van der Waals surface area contributed by atoms with Crippen LogP contribution in [0.3, 0.4) is 0 Å². The first-order valence-corrected chi connectivity index (χ1v) is 12.6. The second-order valence-corrected chi connectivity index (χ2v) is 10.9. The van der Waals surface area contributed by atoms with E-state index in [0.29, 0.717) is 23.6 Å². The van der Waals surface area contributed by atoms with Gasteiger partial charge in [0.2, 0.25) is 0 Å². The highest BCUT2D eigenvalue weighted by Crippen LogP contribution is 2.26. The Labute approximate surface area is 187 Å². The molecule has 0 radical (unpaired) electrons. The van der Waals surface area contributed by atoms with Gasteiger partial charge in [0.25, 0.3) is 15.9 Å². The third-order valence-electron chi connectivity index (χ3n) is 5.35. The number of sulfonamides is 1. The number of amides is 1. The van der Waals surface area contributed by atoms with Crippen LogP contribution >= 0.6 is 11.3 Å². The van der Waals surface area contributed by atoms with Crippen LogP contribution in [0.25, 0.3) is 0 Å². The lowest BCUT2D eigenvalue weighted by molar-refractivity contribution is -0.157. The average molecular weight is 465 g/mol. The van der Waals surface area contributed by atoms with E-state index >= 15 is 0 Å². The van der Waals surface area contributed by atoms with Crippen molar-refractivity contribution in [2.45, 2.75) is 43.5 Å². The molecule has 1 aromatic heterocycles. The highest BCUT2D eigenvalue weighted by atomic mass is 32.2. The van der Waals surface area contributed by atoms with E-state index in [4.69, 9.17) is 4.74 Å². The van der Waals surface area contributed by atoms with Crippen molar-refractivity contribution in [2.24, 2.45) is 5.92 Å². The van der Waals surface area contributed by atoms with E-state index < -0.39 is 21.9 Å². The van der Waals surface area contributed by atoms with Gasteiger partial charge in [0.15, 0.2) is 6.61 Å². The SMILES string of the molecule is CC(C)N(Cc1ccccc1)C(=O)COC(=O)C1CCN(S(=O)(=O)c2cccs2)CC1. The summed E-state index contributed by atoms with van der Waals surface area (Å²) in [5.41, 5.74) is 1.01. The lowest BCUT2D eigenvalue weighted by Gasteiger charge is -2.30. The molecule has 1 aliphatic rings. The zero-order valence-electron chi connectivity index (χ0n) is 17.8. The number of esters is 1. The van der Waals surface area contributed by atoms with E-state index in [-0.39, 0.29) is 31.6 Å². The second kappa shape index (κ2) is 10.4. The third kappa shape index (κ3) is 5.93. The molecule has 9 heteroatoms. The lowest BCUT2D eigenvalue weighted by Crippen LogP contribution is -2.42. The summed E-state index contributed by atoms with van der Waals surface area (Å²) in [4.78, 5) is 26.8. The summed E-state index contributed by atoms with van der Waals surface area (Å²) in [6, 6.07) is 12.9. The van der Waals surface area contributed by atoms with Crippen molar-refractivity contribution in [3.05, 3.63) is 53.4 Å². The number of carbonyl (C=O) groups is 2. The molecule has 168 valence electrons. The Morgan fingerprint density at radius 2 is 1.81 bits per heavy atom. The fraction of sp³-hybridized carbons (Fsp3) is 0.455. The molecule has 0 spiro atoms. The molecule has 1 amide bonds. The normalized spacial score (nSPS) is 15.7. The zero-order chi connectivity index (χ0) is 22.4. The van der Waals surface area contributed by atoms with E-state index in [0.717, 1.165) is 5.56 Å². The number of carbonyl (C=O) groups excluding carboxylic acids is 2. The second-order valence-electron chi connectivity index (χ2n) is 7.82. The number of rotatable bonds is 8. The van der Waals surface area contributed by atoms with Gasteiger partial charge in [-0.05, 0) is 43.7 Å². The Morgan fingerprint density at radius 1 is 1.13 bits per heavy atom. The van der Waals surface area contributed by atoms with Crippen LogP contribution in [0.4, 0.5) is 0 Å². The molecule has 2 heterocycles. The van der Waals surface area contributed by atoms with E-state index in [1.807, 2.05) is 44.2 Å². The van der Waals surface area contributed by atoms with Crippen LogP contribution in [0.5, 0.6) is 0 Å². The Balaban J connectivity index is 1.50. The highest BCUT2D eigenvalue weighted by molar-refractivity contribution is 7.91. The maximum absolute atomic E-state index is 12.7. The van der Waals surface area contributed by atoms with Crippen LogP contribution in [-0.2, 0) is 30.9 Å². The van der Waals surface area contributed by atoms with Gasteiger partial charge in [-0.1, -0.05) is 36.4 Å². The van der Waals surface area contributed by atoms with Crippen molar-refractivity contribution in [1.82, 2.24) is 9.21 Å². The minimum Gasteiger partial charge on any atom is -0.455 e. The van der Waals surface area contributed by atoms with E-state index in [1.165, 1.54) is 15.6 Å². The van der Waals surface area contributed by atoms with Crippen LogP contribution in [0.2, 0.25) is 0 Å². The number of hydrogen-bond donors (Lipinski definition) is 0. The van der Waals surface area contributed by atoms with Crippen LogP contribution in [0.15, 0.2) is 52.1 Å². The largest absolute Gasteiger partial charge is 0.455 e. The first-order valence-electron chi connectivity index (χ1n) is 10.3. The van der Waals surface area contributed by atoms with Gasteiger partial charge in [0, 0.05) is 25.7 Å². The number of nitrogens with zero attached hydrogens (tertiary/aromatic N) is 2. The molecule has 1 saturated heterocycles. The van der Waals surface area contributed by atoms with Gasteiger partial charge in [-0.2, -0.15) is 4.31 Å². The van der Waals surface area contributed by atoms with E-state index in [9.17, 15) is 18.0 Å². The minimum atomic E-state index is -3.51. The molecule has 0 N–H and O–H groups in total. The third-order valence-corrected chi connectivity index (χ3v) is 8.63. The quantitative estimate of drug-likeness (QED) is 0.561. The van der Waals surface area contributed by atoms with E-state index in [2.05, 4.69) is 0 Å². The molecule has 0 atom stereocenters. The molecular formula is C22H28N2O5S2. The van der Waals surface area contributed by atoms with Gasteiger partial charge in [-0.3, -0.25) is 9.59 Å². The highest BCUT2D eigenvalue weighted by Gasteiger charge is 2.33. The van der Waals surface area contributed by atoms with Crippen molar-refractivity contribution in [1.29, 1.82) is 0 Å². The molecule has 1 aliphatic heterocycles. The number of thiophene rings is 1. The Kier molecular flexibility index (Phi) is 7.85. The molecule has 0 saturated carbocycles. The van der Waals surface area contributed by atoms with Crippen molar-refractivity contribution < 1.29 is 22.7 Å². The fourth-order valence-corrected chi connectivity index (χ4v) is 6.16. The lowest BCUT2D eigenvalue weighted by atomic mass is 9.98. The topological polar surface area (TPSA) is 84.0 Å². The summed E-state index contributed by atoms with van der Waals surface area (Å²) in [5, 5.41) is 1.73. The van der Waals surface area contributed by atoms with Gasteiger partial charge >= 0.3 is 5.97 Å². The molecule has 0 unspecified atom stereocenters. The number of ether oxygens (including phenoxy) is 1. The fourth-order valence-electron chi connectivity index (χ4n) is 3.54. The number of piperidine rings is 1. The van der Waals surface area contributed by atoms with Crippen LogP contribution in [0.1, 0.15) is 32.3 Å². The van der Waals surface area contributed by atoms with Crippen LogP contribution in [0, 0.1) is 5.92 Å². The van der Waals surface area contributed by atoms with Crippen molar-refractivity contribution in [3.63, 3.8) is 0 Å². The smallest absolute Gasteiger partial charge is 0.309 e. The summed E-state index contributed by atoms with van der Waals surface area (Å²) in [5.74, 6) is -1.08. The van der Waals surface area contributed by atoms with Crippen LogP contribution in [-0.4, -0.2) is 55.2 Å². The zero-order valence-corrected chi connectivity index (χ0v) is 19.4. The van der Waals surface area contributed by atoms with Gasteiger partial charge in [-0.15, -0.1) is 11.3 Å². The van der Waals surface area contributed by atoms with Crippen molar-refractivity contribution in [3.8, 4) is 0 Å². The molecule has 0 aliphatic carbocycles. The molecule has 2 aromatic rings. The van der Waals surface area contributed by atoms with Gasteiger partial charge in [0.05, 0.1) is 5.92 Å². The monoisotopic (exact) mass is 464 g/mol. The maximum Gasteiger partial charge on any atom is 0.309 e. The maximum atomic E-state index is 12.7. The van der Waals surface area contributed by atoms with Gasteiger partial charge in [-0.25, -0.2) is 8.42 Å². The number of hydrogen-bond acceptors (Lipinski definition) is 6. The standard InChI is InChI=1S/C22H28N2O5S2/c1-17(2)24(15-18-7-4-3-5-8-18)20(25)16-29-22(26)19-10-12-23(13-11-19)31(27,28)21-9-6-14-30-21/h3-9,14,17,19H,10-13,15-16H2,1-2H3. The summed E-state index contributed by atoms with van der Waals surface area (Å²) in [7, 11) is -3.51. The minimum absolute atomic E-state index is 0.0305.